The quantitative estimate of drug-likeness (QED) is 0.882. The normalized spacial score (nSPS) is 10.5. The Kier molecular flexibility index (Phi) is 3.50. The molecule has 0 aliphatic carbocycles. The second-order valence-corrected chi connectivity index (χ2v) is 4.32. The molecule has 2 rings (SSSR count). The van der Waals surface area contributed by atoms with Gasteiger partial charge >= 0.3 is 5.97 Å². The number of anilines is 2. The number of hydrogen-bond donors (Lipinski definition) is 2. The molecule has 0 unspecified atom stereocenters. The number of pyridine rings is 1. The maximum Gasteiger partial charge on any atom is 0.339 e. The van der Waals surface area contributed by atoms with Crippen LogP contribution in [0, 0.1) is 13.8 Å². The van der Waals surface area contributed by atoms with Crippen LogP contribution in [0.2, 0.25) is 0 Å². The van der Waals surface area contributed by atoms with Gasteiger partial charge in [-0.3, -0.25) is 4.68 Å². The van der Waals surface area contributed by atoms with Crippen molar-refractivity contribution in [1.82, 2.24) is 14.8 Å². The van der Waals surface area contributed by atoms with E-state index in [2.05, 4.69) is 15.4 Å². The number of rotatable bonds is 4. The first kappa shape index (κ1) is 13.1. The Balaban J connectivity index is 2.40. The monoisotopic (exact) mass is 260 g/mol. The molecule has 0 aliphatic rings. The van der Waals surface area contributed by atoms with E-state index in [4.69, 9.17) is 0 Å². The van der Waals surface area contributed by atoms with Gasteiger partial charge in [0.05, 0.1) is 11.9 Å². The molecule has 100 valence electrons. The second-order valence-electron chi connectivity index (χ2n) is 4.32. The number of carbonyl (C=O) groups is 1. The third kappa shape index (κ3) is 2.73. The minimum atomic E-state index is -0.990. The van der Waals surface area contributed by atoms with Crippen LogP contribution in [-0.4, -0.2) is 25.8 Å². The summed E-state index contributed by atoms with van der Waals surface area (Å²) >= 11 is 0. The smallest absolute Gasteiger partial charge is 0.339 e. The zero-order chi connectivity index (χ0) is 14.0. The lowest BCUT2D eigenvalue weighted by Crippen LogP contribution is -2.08. The summed E-state index contributed by atoms with van der Waals surface area (Å²) in [5, 5.41) is 16.4. The van der Waals surface area contributed by atoms with Crippen molar-refractivity contribution in [3.8, 4) is 0 Å². The number of aryl methyl sites for hydroxylation is 3. The van der Waals surface area contributed by atoms with Crippen LogP contribution in [-0.2, 0) is 6.54 Å². The maximum atomic E-state index is 11.3. The predicted molar refractivity (Wildman–Crippen MR) is 71.9 cm³/mol. The van der Waals surface area contributed by atoms with Gasteiger partial charge in [-0.05, 0) is 32.4 Å². The van der Waals surface area contributed by atoms with E-state index in [1.165, 1.54) is 0 Å². The van der Waals surface area contributed by atoms with Crippen LogP contribution in [0.15, 0.2) is 18.5 Å². The Bertz CT molecular complexity index is 619. The molecular formula is C13H16N4O2. The zero-order valence-corrected chi connectivity index (χ0v) is 11.1. The summed E-state index contributed by atoms with van der Waals surface area (Å²) in [4.78, 5) is 15.6. The summed E-state index contributed by atoms with van der Waals surface area (Å²) in [6, 6.07) is 1.75. The first-order valence-electron chi connectivity index (χ1n) is 6.02. The van der Waals surface area contributed by atoms with Gasteiger partial charge < -0.3 is 10.4 Å². The fraction of sp³-hybridized carbons (Fsp3) is 0.308. The SMILES string of the molecule is CCn1cc(Nc2nc(C)cc(C)c2C(=O)O)cn1. The predicted octanol–water partition coefficient (Wildman–Crippen LogP) is 2.36. The van der Waals surface area contributed by atoms with Crippen molar-refractivity contribution in [2.24, 2.45) is 0 Å². The highest BCUT2D eigenvalue weighted by Gasteiger charge is 2.16. The molecule has 2 heterocycles. The molecule has 6 heteroatoms. The summed E-state index contributed by atoms with van der Waals surface area (Å²) in [6.45, 7) is 6.33. The minimum Gasteiger partial charge on any atom is -0.478 e. The average Bonchev–Trinajstić information content (AvgIpc) is 2.75. The van der Waals surface area contributed by atoms with Gasteiger partial charge in [0, 0.05) is 18.4 Å². The number of nitrogens with one attached hydrogen (secondary N) is 1. The molecule has 0 aromatic carbocycles. The molecule has 0 saturated carbocycles. The van der Waals surface area contributed by atoms with Gasteiger partial charge in [0.25, 0.3) is 0 Å². The fourth-order valence-corrected chi connectivity index (χ4v) is 1.93. The largest absolute Gasteiger partial charge is 0.478 e. The molecule has 19 heavy (non-hydrogen) atoms. The summed E-state index contributed by atoms with van der Waals surface area (Å²) in [5.74, 6) is -0.643. The molecule has 0 radical (unpaired) electrons. The van der Waals surface area contributed by atoms with E-state index < -0.39 is 5.97 Å². The summed E-state index contributed by atoms with van der Waals surface area (Å²) < 4.78 is 1.76. The van der Waals surface area contributed by atoms with Crippen molar-refractivity contribution in [3.05, 3.63) is 35.3 Å². The molecule has 2 aromatic rings. The Hall–Kier alpha value is -2.37. The van der Waals surface area contributed by atoms with E-state index in [1.807, 2.05) is 20.0 Å². The van der Waals surface area contributed by atoms with E-state index in [0.717, 1.165) is 17.9 Å². The number of hydrogen-bond acceptors (Lipinski definition) is 4. The van der Waals surface area contributed by atoms with Crippen molar-refractivity contribution >= 4 is 17.5 Å². The van der Waals surface area contributed by atoms with Crippen LogP contribution >= 0.6 is 0 Å². The zero-order valence-electron chi connectivity index (χ0n) is 11.1. The Morgan fingerprint density at radius 3 is 2.79 bits per heavy atom. The molecule has 0 spiro atoms. The molecule has 0 saturated heterocycles. The van der Waals surface area contributed by atoms with Gasteiger partial charge in [0.15, 0.2) is 0 Å². The van der Waals surface area contributed by atoms with Gasteiger partial charge in [-0.15, -0.1) is 0 Å². The number of nitrogens with zero attached hydrogens (tertiary/aromatic N) is 3. The number of carboxylic acid groups (broad SMARTS) is 1. The summed E-state index contributed by atoms with van der Waals surface area (Å²) in [6.07, 6.45) is 3.46. The van der Waals surface area contributed by atoms with Crippen molar-refractivity contribution in [3.63, 3.8) is 0 Å². The molecular weight excluding hydrogens is 244 g/mol. The molecule has 6 nitrogen and oxygen atoms in total. The highest BCUT2D eigenvalue weighted by molar-refractivity contribution is 5.95. The highest BCUT2D eigenvalue weighted by Crippen LogP contribution is 2.22. The van der Waals surface area contributed by atoms with Crippen molar-refractivity contribution in [2.75, 3.05) is 5.32 Å². The van der Waals surface area contributed by atoms with Crippen LogP contribution in [0.25, 0.3) is 0 Å². The Morgan fingerprint density at radius 2 is 2.21 bits per heavy atom. The molecule has 0 atom stereocenters. The van der Waals surface area contributed by atoms with Gasteiger partial charge in [-0.1, -0.05) is 0 Å². The standard InChI is InChI=1S/C13H16N4O2/c1-4-17-7-10(6-14-17)16-12-11(13(18)19)8(2)5-9(3)15-12/h5-7H,4H2,1-3H3,(H,15,16)(H,18,19). The molecule has 0 amide bonds. The average molecular weight is 260 g/mol. The van der Waals surface area contributed by atoms with E-state index in [0.29, 0.717) is 11.4 Å². The topological polar surface area (TPSA) is 80.0 Å². The second kappa shape index (κ2) is 5.09. The van der Waals surface area contributed by atoms with Crippen LogP contribution in [0.3, 0.4) is 0 Å². The first-order chi connectivity index (χ1) is 9.01. The molecule has 2 N–H and O–H groups in total. The van der Waals surface area contributed by atoms with Crippen molar-refractivity contribution < 1.29 is 9.90 Å². The van der Waals surface area contributed by atoms with E-state index in [-0.39, 0.29) is 5.56 Å². The van der Waals surface area contributed by atoms with Gasteiger partial charge in [-0.2, -0.15) is 5.10 Å². The minimum absolute atomic E-state index is 0.190. The van der Waals surface area contributed by atoms with Crippen molar-refractivity contribution in [1.29, 1.82) is 0 Å². The third-order valence-corrected chi connectivity index (χ3v) is 2.78. The van der Waals surface area contributed by atoms with Gasteiger partial charge in [-0.25, -0.2) is 9.78 Å². The summed E-state index contributed by atoms with van der Waals surface area (Å²) in [5.41, 5.74) is 2.37. The number of aromatic carboxylic acids is 1. The van der Waals surface area contributed by atoms with Crippen LogP contribution < -0.4 is 5.32 Å². The molecule has 2 aromatic heterocycles. The lowest BCUT2D eigenvalue weighted by atomic mass is 10.1. The van der Waals surface area contributed by atoms with E-state index >= 15 is 0 Å². The van der Waals surface area contributed by atoms with Gasteiger partial charge in [0.2, 0.25) is 0 Å². The molecule has 0 aliphatic heterocycles. The molecule has 0 bridgehead atoms. The number of aromatic nitrogens is 3. The Morgan fingerprint density at radius 1 is 1.47 bits per heavy atom. The highest BCUT2D eigenvalue weighted by atomic mass is 16.4. The molecule has 0 fully saturated rings. The lowest BCUT2D eigenvalue weighted by molar-refractivity contribution is 0.0697. The van der Waals surface area contributed by atoms with Gasteiger partial charge in [0.1, 0.15) is 11.4 Å². The fourth-order valence-electron chi connectivity index (χ4n) is 1.93. The van der Waals surface area contributed by atoms with E-state index in [1.54, 1.807) is 23.9 Å². The van der Waals surface area contributed by atoms with Crippen LogP contribution in [0.5, 0.6) is 0 Å². The maximum absolute atomic E-state index is 11.3. The summed E-state index contributed by atoms with van der Waals surface area (Å²) in [7, 11) is 0. The van der Waals surface area contributed by atoms with E-state index in [9.17, 15) is 9.90 Å². The van der Waals surface area contributed by atoms with Crippen molar-refractivity contribution in [2.45, 2.75) is 27.3 Å². The lowest BCUT2D eigenvalue weighted by Gasteiger charge is -2.10. The Labute approximate surface area is 111 Å². The first-order valence-corrected chi connectivity index (χ1v) is 6.02. The number of carboxylic acids is 1. The third-order valence-electron chi connectivity index (χ3n) is 2.78. The van der Waals surface area contributed by atoms with Crippen LogP contribution in [0.1, 0.15) is 28.5 Å². The van der Waals surface area contributed by atoms with Crippen LogP contribution in [0.4, 0.5) is 11.5 Å².